The van der Waals surface area contributed by atoms with Crippen molar-refractivity contribution in [3.63, 3.8) is 0 Å². The van der Waals surface area contributed by atoms with Gasteiger partial charge in [-0.2, -0.15) is 0 Å². The molecule has 32 nitrogen and oxygen atoms in total. The summed E-state index contributed by atoms with van der Waals surface area (Å²) in [5, 5.41) is 31.3. The number of nitrogens with one attached hydrogen (secondary N) is 6. The predicted octanol–water partition coefficient (Wildman–Crippen LogP) is 16.4. The number of aryl methyl sites for hydroxylation is 2. The maximum Gasteiger partial charge on any atom is 0.417 e. The summed E-state index contributed by atoms with van der Waals surface area (Å²) < 4.78 is 91.6. The van der Waals surface area contributed by atoms with Crippen molar-refractivity contribution in [2.75, 3.05) is 60.7 Å². The maximum absolute atomic E-state index is 13.7. The normalized spacial score (nSPS) is 13.7. The molecule has 0 saturated carbocycles. The second kappa shape index (κ2) is 39.2. The van der Waals surface area contributed by atoms with Crippen LogP contribution in [0.2, 0.25) is 0 Å². The lowest BCUT2D eigenvalue weighted by Crippen LogP contribution is -2.42. The van der Waals surface area contributed by atoms with Crippen molar-refractivity contribution in [3.05, 3.63) is 119 Å². The molecule has 7 N–H and O–H groups in total. The Kier molecular flexibility index (Phi) is 31.9. The summed E-state index contributed by atoms with van der Waals surface area (Å²) in [4.78, 5) is 106. The summed E-state index contributed by atoms with van der Waals surface area (Å²) in [6.45, 7) is 34.8. The number of hydrogen-bond acceptors (Lipinski definition) is 25. The minimum absolute atomic E-state index is 0. The summed E-state index contributed by atoms with van der Waals surface area (Å²) >= 11 is 2.47. The van der Waals surface area contributed by atoms with E-state index < -0.39 is 71.6 Å². The first-order valence-electron chi connectivity index (χ1n) is 36.0. The van der Waals surface area contributed by atoms with E-state index >= 15 is 0 Å². The summed E-state index contributed by atoms with van der Waals surface area (Å²) in [7, 11) is -8.18. The number of nitrogens with zero attached hydrogens (tertiary/aromatic N) is 7. The number of sulfonamides is 2. The van der Waals surface area contributed by atoms with Gasteiger partial charge in [-0.25, -0.2) is 65.0 Å². The van der Waals surface area contributed by atoms with Crippen LogP contribution in [-0.4, -0.2) is 167 Å². The van der Waals surface area contributed by atoms with Crippen LogP contribution in [0.4, 0.5) is 57.2 Å². The lowest BCUT2D eigenvalue weighted by molar-refractivity contribution is -0.384. The van der Waals surface area contributed by atoms with E-state index in [1.807, 2.05) is 55.4 Å². The number of anilines is 4. The Bertz CT molecular complexity index is 4720. The molecule has 0 spiro atoms. The first kappa shape index (κ1) is 91.9. The standard InChI is InChI=1S/C35H48N6O8S2.C30H32N6O8S2.C11H21NO3.CH4/c1-21(2)48-32(43)39-25-16-22(3)29(36-18-25)30-37-19-27(50-30)26-11-10-24(17-28(26)51(45,46)40-34(4,5)6)38-31(42)47-20-23-12-14-41(15-13-23)33(44)49-35(7,8)9;1-17(2)43-28(37)34-20-13-18(3)26(31-15-20)27-32-16-24(45-27)23-12-7-19(14-25(23)46(41,42)35-30(4,5)6)33-29(38)44-22-10-8-21(9-11-22)36(39)40;1-11(2,3)15-10(14)12-6-4-9(8-13)5-7-12;/h10-11,16-19,21,23,40H,12-15,20H2,1-9H3,(H,38,42)(H,39,43);7-17,35H,1-6H3,(H,33,38)(H,34,37);9,13H,4-8H2,1-3H3;1H4. The number of likely N-dealkylation sites (tertiary alicyclic amines) is 2. The van der Waals surface area contributed by atoms with Gasteiger partial charge in [-0.15, -0.1) is 22.7 Å². The fraction of sp³-hybridized carbons (Fsp3) is 0.481. The van der Waals surface area contributed by atoms with Gasteiger partial charge in [0.2, 0.25) is 20.0 Å². The molecule has 2 aliphatic heterocycles. The Labute approximate surface area is 668 Å². The number of hydrogen-bond donors (Lipinski definition) is 7. The van der Waals surface area contributed by atoms with Crippen molar-refractivity contribution in [2.24, 2.45) is 11.8 Å². The molecule has 3 aromatic carbocycles. The molecule has 616 valence electrons. The number of aliphatic hydroxyl groups excluding tert-OH is 1. The SMILES string of the molecule is C.CC(C)(C)OC(=O)N1CCC(CO)CC1.Cc1cc(NC(=O)OC(C)C)cnc1-c1ncc(-c2ccc(NC(=O)OCC3CCN(C(=O)OC(C)(C)C)CC3)cc2S(=O)(=O)NC(C)(C)C)s1.Cc1cc(NC(=O)OC(C)C)cnc1-c1ncc(-c2ccc(NC(=O)Oc3ccc([N+](=O)[O-])cc3)cc2S(=O)(=O)NC(C)(C)C)s1. The fourth-order valence-corrected chi connectivity index (χ4v) is 16.4. The molecule has 36 heteroatoms. The molecule has 0 radical (unpaired) electrons. The molecule has 6 amide bonds. The maximum atomic E-state index is 13.7. The van der Waals surface area contributed by atoms with Gasteiger partial charge in [0, 0.05) is 90.9 Å². The Morgan fingerprint density at radius 2 is 0.920 bits per heavy atom. The molecule has 0 bridgehead atoms. The Morgan fingerprint density at radius 3 is 1.27 bits per heavy atom. The van der Waals surface area contributed by atoms with Gasteiger partial charge >= 0.3 is 36.6 Å². The number of nitro groups is 1. The van der Waals surface area contributed by atoms with Gasteiger partial charge in [-0.05, 0) is 222 Å². The molecule has 0 atom stereocenters. The zero-order chi connectivity index (χ0) is 83.0. The molecule has 113 heavy (non-hydrogen) atoms. The summed E-state index contributed by atoms with van der Waals surface area (Å²) in [5.41, 5.74) is 1.81. The van der Waals surface area contributed by atoms with Crippen molar-refractivity contribution < 1.29 is 84.1 Å². The molecule has 0 unspecified atom stereocenters. The summed E-state index contributed by atoms with van der Waals surface area (Å²) in [5.74, 6) is 0.474. The van der Waals surface area contributed by atoms with Gasteiger partial charge in [-0.1, -0.05) is 19.6 Å². The van der Waals surface area contributed by atoms with Crippen molar-refractivity contribution in [1.29, 1.82) is 0 Å². The highest BCUT2D eigenvalue weighted by Crippen LogP contribution is 2.40. The van der Waals surface area contributed by atoms with E-state index in [4.69, 9.17) is 33.5 Å². The number of piperidine rings is 2. The number of aromatic nitrogens is 4. The van der Waals surface area contributed by atoms with Gasteiger partial charge in [0.25, 0.3) is 5.69 Å². The number of amides is 6. The second-order valence-corrected chi connectivity index (χ2v) is 36.5. The van der Waals surface area contributed by atoms with Crippen LogP contribution in [0.3, 0.4) is 0 Å². The minimum Gasteiger partial charge on any atom is -0.449 e. The number of thiazole rings is 2. The number of carbonyl (C=O) groups is 6. The Morgan fingerprint density at radius 1 is 0.540 bits per heavy atom. The average Bonchev–Trinajstić information content (AvgIpc) is 1.77. The first-order valence-corrected chi connectivity index (χ1v) is 40.6. The lowest BCUT2D eigenvalue weighted by Gasteiger charge is -2.33. The van der Waals surface area contributed by atoms with Gasteiger partial charge in [-0.3, -0.25) is 41.3 Å². The summed E-state index contributed by atoms with van der Waals surface area (Å²) in [6.07, 6.45) is 5.16. The van der Waals surface area contributed by atoms with E-state index in [-0.39, 0.29) is 83.6 Å². The van der Waals surface area contributed by atoms with Crippen molar-refractivity contribution >= 4 is 108 Å². The molecule has 0 aliphatic carbocycles. The van der Waals surface area contributed by atoms with Gasteiger partial charge in [0.05, 0.1) is 67.1 Å². The molecular formula is C77H105N13O19S4. The zero-order valence-corrected chi connectivity index (χ0v) is 69.4. The largest absolute Gasteiger partial charge is 0.449 e. The third kappa shape index (κ3) is 29.2. The molecule has 9 rings (SSSR count). The van der Waals surface area contributed by atoms with Crippen LogP contribution in [0, 0.1) is 35.8 Å². The number of benzene rings is 3. The quantitative estimate of drug-likeness (QED) is 0.0225. The van der Waals surface area contributed by atoms with E-state index in [1.165, 1.54) is 83.7 Å². The van der Waals surface area contributed by atoms with E-state index in [0.717, 1.165) is 24.0 Å². The molecule has 7 aromatic rings. The highest BCUT2D eigenvalue weighted by molar-refractivity contribution is 7.90. The van der Waals surface area contributed by atoms with E-state index in [2.05, 4.69) is 50.6 Å². The number of rotatable bonds is 19. The van der Waals surface area contributed by atoms with Crippen LogP contribution in [0.25, 0.3) is 42.3 Å². The topological polar surface area (TPSA) is 420 Å². The molecule has 6 heterocycles. The zero-order valence-electron chi connectivity index (χ0n) is 66.2. The van der Waals surface area contributed by atoms with E-state index in [9.17, 15) is 55.7 Å². The van der Waals surface area contributed by atoms with Crippen LogP contribution < -0.4 is 35.4 Å². The van der Waals surface area contributed by atoms with Crippen LogP contribution in [0.5, 0.6) is 5.75 Å². The Hall–Kier alpha value is -9.98. The second-order valence-electron chi connectivity index (χ2n) is 31.1. The van der Waals surface area contributed by atoms with Crippen LogP contribution in [0.15, 0.2) is 107 Å². The molecule has 2 aliphatic rings. The minimum atomic E-state index is -4.11. The smallest absolute Gasteiger partial charge is 0.417 e. The molecule has 2 saturated heterocycles. The lowest BCUT2D eigenvalue weighted by atomic mass is 9.98. The van der Waals surface area contributed by atoms with Crippen molar-refractivity contribution in [3.8, 4) is 48.0 Å². The highest BCUT2D eigenvalue weighted by atomic mass is 32.2. The van der Waals surface area contributed by atoms with Crippen LogP contribution in [0.1, 0.15) is 155 Å². The van der Waals surface area contributed by atoms with Gasteiger partial charge < -0.3 is 43.3 Å². The van der Waals surface area contributed by atoms with E-state index in [1.54, 1.807) is 116 Å². The monoisotopic (exact) mass is 1640 g/mol. The average molecular weight is 1650 g/mol. The molecular weight excluding hydrogens is 1540 g/mol. The van der Waals surface area contributed by atoms with Crippen molar-refractivity contribution in [2.45, 2.75) is 202 Å². The molecule has 2 fully saturated rings. The summed E-state index contributed by atoms with van der Waals surface area (Å²) in [6, 6.07) is 17.4. The predicted molar refractivity (Wildman–Crippen MR) is 434 cm³/mol. The number of nitro benzene ring substituents is 1. The first-order chi connectivity index (χ1) is 52.1. The van der Waals surface area contributed by atoms with Gasteiger partial charge in [0.1, 0.15) is 38.4 Å². The number of pyridine rings is 2. The fourth-order valence-electron chi connectivity index (χ4n) is 10.9. The number of carbonyl (C=O) groups excluding carboxylic acids is 6. The third-order valence-electron chi connectivity index (χ3n) is 15.7. The van der Waals surface area contributed by atoms with Crippen LogP contribution in [-0.2, 0) is 43.7 Å². The molecule has 4 aromatic heterocycles. The Balaban J connectivity index is 0.000000296. The number of non-ortho nitro benzene ring substituents is 1. The number of ether oxygens (including phenoxy) is 6. The van der Waals surface area contributed by atoms with E-state index in [0.29, 0.717) is 98.6 Å². The third-order valence-corrected chi connectivity index (χ3v) is 21.4. The van der Waals surface area contributed by atoms with Crippen LogP contribution >= 0.6 is 22.7 Å². The van der Waals surface area contributed by atoms with Crippen molar-refractivity contribution in [1.82, 2.24) is 39.2 Å². The highest BCUT2D eigenvalue weighted by Gasteiger charge is 2.33. The van der Waals surface area contributed by atoms with Gasteiger partial charge in [0.15, 0.2) is 0 Å². The number of aliphatic hydroxyl groups is 1.